The lowest BCUT2D eigenvalue weighted by molar-refractivity contribution is -0.705. The SMILES string of the molecule is C[C@@H](C(=O)c1ccccc1)[n+]1cccc(Br)c1. The molecule has 1 aromatic heterocycles. The smallest absolute Gasteiger partial charge is 0.230 e. The number of Topliss-reactive ketones (excluding diaryl/α,β-unsaturated/α-hetero) is 1. The van der Waals surface area contributed by atoms with Crippen molar-refractivity contribution >= 4 is 21.7 Å². The average molecular weight is 291 g/mol. The minimum Gasteiger partial charge on any atom is -0.287 e. The minimum absolute atomic E-state index is 0.119. The number of hydrogen-bond donors (Lipinski definition) is 0. The zero-order valence-corrected chi connectivity index (χ0v) is 11.1. The Labute approximate surface area is 109 Å². The average Bonchev–Trinajstić information content (AvgIpc) is 2.38. The molecule has 0 aliphatic heterocycles. The fraction of sp³-hybridized carbons (Fsp3) is 0.143. The van der Waals surface area contributed by atoms with Crippen LogP contribution < -0.4 is 4.57 Å². The van der Waals surface area contributed by atoms with Gasteiger partial charge in [0.05, 0.1) is 4.47 Å². The van der Waals surface area contributed by atoms with Crippen LogP contribution in [-0.2, 0) is 0 Å². The number of carbonyl (C=O) groups excluding carboxylic acids is 1. The molecule has 2 aromatic rings. The summed E-state index contributed by atoms with van der Waals surface area (Å²) in [6, 6.07) is 13.0. The number of ketones is 1. The monoisotopic (exact) mass is 290 g/mol. The molecule has 0 spiro atoms. The van der Waals surface area contributed by atoms with Crippen LogP contribution in [-0.4, -0.2) is 5.78 Å². The topological polar surface area (TPSA) is 20.9 Å². The fourth-order valence-corrected chi connectivity index (χ4v) is 2.07. The van der Waals surface area contributed by atoms with E-state index in [9.17, 15) is 4.79 Å². The standard InChI is InChI=1S/C14H13BrNO/c1-11(16-9-5-8-13(15)10-16)14(17)12-6-3-2-4-7-12/h2-11H,1H3/q+1/t11-/m0/s1. The molecule has 0 aliphatic rings. The van der Waals surface area contributed by atoms with Gasteiger partial charge in [0.1, 0.15) is 0 Å². The summed E-state index contributed by atoms with van der Waals surface area (Å²) >= 11 is 3.40. The molecule has 2 nitrogen and oxygen atoms in total. The zero-order chi connectivity index (χ0) is 12.3. The van der Waals surface area contributed by atoms with Gasteiger partial charge in [-0.05, 0) is 22.0 Å². The summed E-state index contributed by atoms with van der Waals surface area (Å²) in [5, 5.41) is 0. The summed E-state index contributed by atoms with van der Waals surface area (Å²) in [6.07, 6.45) is 3.81. The minimum atomic E-state index is -0.199. The predicted octanol–water partition coefficient (Wildman–Crippen LogP) is 3.18. The van der Waals surface area contributed by atoms with Gasteiger partial charge >= 0.3 is 0 Å². The fourth-order valence-electron chi connectivity index (χ4n) is 1.68. The van der Waals surface area contributed by atoms with E-state index in [1.165, 1.54) is 0 Å². The number of rotatable bonds is 3. The number of aromatic nitrogens is 1. The van der Waals surface area contributed by atoms with E-state index < -0.39 is 0 Å². The van der Waals surface area contributed by atoms with Gasteiger partial charge in [-0.3, -0.25) is 4.79 Å². The van der Waals surface area contributed by atoms with E-state index in [0.717, 1.165) is 10.0 Å². The van der Waals surface area contributed by atoms with Crippen molar-refractivity contribution < 1.29 is 9.36 Å². The predicted molar refractivity (Wildman–Crippen MR) is 69.8 cm³/mol. The van der Waals surface area contributed by atoms with E-state index in [-0.39, 0.29) is 11.8 Å². The number of halogens is 1. The Morgan fingerprint density at radius 2 is 1.88 bits per heavy atom. The Hall–Kier alpha value is -1.48. The Balaban J connectivity index is 2.27. The number of benzene rings is 1. The molecule has 2 rings (SSSR count). The molecule has 17 heavy (non-hydrogen) atoms. The third-order valence-electron chi connectivity index (χ3n) is 2.67. The lowest BCUT2D eigenvalue weighted by Gasteiger charge is -2.06. The molecule has 0 unspecified atom stereocenters. The van der Waals surface area contributed by atoms with Crippen LogP contribution in [0.3, 0.4) is 0 Å². The zero-order valence-electron chi connectivity index (χ0n) is 9.51. The van der Waals surface area contributed by atoms with Crippen LogP contribution >= 0.6 is 15.9 Å². The second-order valence-corrected chi connectivity index (χ2v) is 4.79. The van der Waals surface area contributed by atoms with Crippen LogP contribution in [0.15, 0.2) is 59.3 Å². The van der Waals surface area contributed by atoms with E-state index in [1.54, 1.807) is 0 Å². The second-order valence-electron chi connectivity index (χ2n) is 3.88. The molecule has 1 aromatic carbocycles. The van der Waals surface area contributed by atoms with Crippen LogP contribution in [0.2, 0.25) is 0 Å². The first-order valence-corrected chi connectivity index (χ1v) is 6.23. The van der Waals surface area contributed by atoms with Crippen LogP contribution in [0.25, 0.3) is 0 Å². The summed E-state index contributed by atoms with van der Waals surface area (Å²) in [5.74, 6) is 0.119. The molecule has 0 radical (unpaired) electrons. The second kappa shape index (κ2) is 5.23. The molecule has 0 fully saturated rings. The van der Waals surface area contributed by atoms with E-state index in [1.807, 2.05) is 66.3 Å². The highest BCUT2D eigenvalue weighted by Gasteiger charge is 2.22. The van der Waals surface area contributed by atoms with Gasteiger partial charge in [-0.2, -0.15) is 4.57 Å². The molecule has 0 bridgehead atoms. The maximum absolute atomic E-state index is 12.2. The van der Waals surface area contributed by atoms with Crippen molar-refractivity contribution in [3.63, 3.8) is 0 Å². The quantitative estimate of drug-likeness (QED) is 0.628. The number of carbonyl (C=O) groups is 1. The Morgan fingerprint density at radius 1 is 1.18 bits per heavy atom. The maximum Gasteiger partial charge on any atom is 0.230 e. The van der Waals surface area contributed by atoms with Crippen LogP contribution in [0, 0.1) is 0 Å². The van der Waals surface area contributed by atoms with Crippen molar-refractivity contribution in [1.29, 1.82) is 0 Å². The Bertz CT molecular complexity index is 525. The van der Waals surface area contributed by atoms with Crippen molar-refractivity contribution in [2.45, 2.75) is 13.0 Å². The molecule has 0 amide bonds. The molecule has 1 heterocycles. The normalized spacial score (nSPS) is 12.1. The highest BCUT2D eigenvalue weighted by Crippen LogP contribution is 2.10. The van der Waals surface area contributed by atoms with Gasteiger partial charge in [-0.15, -0.1) is 0 Å². The summed E-state index contributed by atoms with van der Waals surface area (Å²) in [7, 11) is 0. The van der Waals surface area contributed by atoms with Crippen molar-refractivity contribution in [2.75, 3.05) is 0 Å². The summed E-state index contributed by atoms with van der Waals surface area (Å²) in [5.41, 5.74) is 0.743. The van der Waals surface area contributed by atoms with Gasteiger partial charge in [-0.1, -0.05) is 30.3 Å². The van der Waals surface area contributed by atoms with Crippen molar-refractivity contribution in [3.05, 3.63) is 64.9 Å². The molecular formula is C14H13BrNO+. The van der Waals surface area contributed by atoms with E-state index in [4.69, 9.17) is 0 Å². The van der Waals surface area contributed by atoms with E-state index >= 15 is 0 Å². The van der Waals surface area contributed by atoms with Crippen LogP contribution in [0.4, 0.5) is 0 Å². The van der Waals surface area contributed by atoms with Crippen molar-refractivity contribution in [3.8, 4) is 0 Å². The largest absolute Gasteiger partial charge is 0.287 e. The highest BCUT2D eigenvalue weighted by atomic mass is 79.9. The molecular weight excluding hydrogens is 278 g/mol. The molecule has 0 saturated heterocycles. The van der Waals surface area contributed by atoms with Gasteiger partial charge in [0.2, 0.25) is 11.8 Å². The lowest BCUT2D eigenvalue weighted by Crippen LogP contribution is -2.41. The first-order chi connectivity index (χ1) is 8.18. The molecule has 0 saturated carbocycles. The van der Waals surface area contributed by atoms with Gasteiger partial charge < -0.3 is 0 Å². The van der Waals surface area contributed by atoms with Gasteiger partial charge in [0.15, 0.2) is 12.4 Å². The number of pyridine rings is 1. The highest BCUT2D eigenvalue weighted by molar-refractivity contribution is 9.10. The molecule has 86 valence electrons. The van der Waals surface area contributed by atoms with Crippen LogP contribution in [0.5, 0.6) is 0 Å². The molecule has 0 N–H and O–H groups in total. The van der Waals surface area contributed by atoms with E-state index in [0.29, 0.717) is 0 Å². The summed E-state index contributed by atoms with van der Waals surface area (Å²) in [4.78, 5) is 12.2. The summed E-state index contributed by atoms with van der Waals surface area (Å²) in [6.45, 7) is 1.90. The first kappa shape index (κ1) is 12.0. The third kappa shape index (κ3) is 2.80. The summed E-state index contributed by atoms with van der Waals surface area (Å²) < 4.78 is 2.87. The Kier molecular flexibility index (Phi) is 3.69. The number of hydrogen-bond acceptors (Lipinski definition) is 1. The molecule has 0 aliphatic carbocycles. The van der Waals surface area contributed by atoms with Crippen molar-refractivity contribution in [2.24, 2.45) is 0 Å². The van der Waals surface area contributed by atoms with Gasteiger partial charge in [0, 0.05) is 18.6 Å². The van der Waals surface area contributed by atoms with Gasteiger partial charge in [0.25, 0.3) is 0 Å². The van der Waals surface area contributed by atoms with Crippen molar-refractivity contribution in [1.82, 2.24) is 0 Å². The molecule has 1 atom stereocenters. The van der Waals surface area contributed by atoms with Crippen LogP contribution in [0.1, 0.15) is 23.3 Å². The first-order valence-electron chi connectivity index (χ1n) is 5.44. The Morgan fingerprint density at radius 3 is 2.53 bits per heavy atom. The maximum atomic E-state index is 12.2. The lowest BCUT2D eigenvalue weighted by atomic mass is 10.1. The van der Waals surface area contributed by atoms with E-state index in [2.05, 4.69) is 15.9 Å². The third-order valence-corrected chi connectivity index (χ3v) is 3.14. The van der Waals surface area contributed by atoms with Gasteiger partial charge in [-0.25, -0.2) is 0 Å². The molecule has 3 heteroatoms. The number of nitrogens with zero attached hydrogens (tertiary/aromatic N) is 1.